The van der Waals surface area contributed by atoms with E-state index in [1.165, 1.54) is 5.56 Å². The molecule has 0 saturated carbocycles. The smallest absolute Gasteiger partial charge is 0.239 e. The molecule has 2 aromatic rings. The molecule has 0 atom stereocenters. The van der Waals surface area contributed by atoms with Crippen LogP contribution in [0, 0.1) is 0 Å². The number of hydrogen-bond acceptors (Lipinski definition) is 3. The summed E-state index contributed by atoms with van der Waals surface area (Å²) in [5.41, 5.74) is 3.41. The zero-order chi connectivity index (χ0) is 16.1. The second-order valence-corrected chi connectivity index (χ2v) is 6.07. The maximum absolute atomic E-state index is 12.3. The number of nitrogens with zero attached hydrogens (tertiary/aromatic N) is 1. The molecule has 1 amide bonds. The van der Waals surface area contributed by atoms with Gasteiger partial charge in [-0.3, -0.25) is 4.79 Å². The molecule has 0 aromatic heterocycles. The van der Waals surface area contributed by atoms with Crippen LogP contribution in [0.2, 0.25) is 5.02 Å². The average Bonchev–Trinajstić information content (AvgIpc) is 2.77. The first-order valence-electron chi connectivity index (χ1n) is 7.77. The summed E-state index contributed by atoms with van der Waals surface area (Å²) in [6.07, 6.45) is 0. The molecule has 4 nitrogen and oxygen atoms in total. The maximum Gasteiger partial charge on any atom is 0.239 e. The fraction of sp³-hybridized carbons (Fsp3) is 0.278. The predicted molar refractivity (Wildman–Crippen MR) is 101 cm³/mol. The summed E-state index contributed by atoms with van der Waals surface area (Å²) in [5.74, 6) is 0.0247. The Bertz CT molecular complexity index is 676. The van der Waals surface area contributed by atoms with Crippen molar-refractivity contribution in [2.24, 2.45) is 0 Å². The number of carbonyl (C=O) groups is 1. The molecular weight excluding hydrogens is 345 g/mol. The molecule has 1 aliphatic heterocycles. The van der Waals surface area contributed by atoms with E-state index in [-0.39, 0.29) is 18.3 Å². The van der Waals surface area contributed by atoms with Crippen molar-refractivity contribution in [1.82, 2.24) is 10.6 Å². The van der Waals surface area contributed by atoms with E-state index in [4.69, 9.17) is 11.6 Å². The predicted octanol–water partition coefficient (Wildman–Crippen LogP) is 2.99. The summed E-state index contributed by atoms with van der Waals surface area (Å²) in [6, 6.07) is 15.7. The summed E-state index contributed by atoms with van der Waals surface area (Å²) in [6.45, 7) is 3.43. The minimum absolute atomic E-state index is 0. The Balaban J connectivity index is 0.00000208. The number of anilines is 1. The number of nitrogens with one attached hydrogen (secondary N) is 2. The Morgan fingerprint density at radius 3 is 2.71 bits per heavy atom. The second-order valence-electron chi connectivity index (χ2n) is 5.63. The maximum atomic E-state index is 12.3. The molecule has 3 rings (SSSR count). The first-order valence-corrected chi connectivity index (χ1v) is 8.15. The van der Waals surface area contributed by atoms with E-state index in [0.29, 0.717) is 18.1 Å². The van der Waals surface area contributed by atoms with Gasteiger partial charge in [-0.05, 0) is 29.3 Å². The van der Waals surface area contributed by atoms with Crippen LogP contribution >= 0.6 is 24.0 Å². The van der Waals surface area contributed by atoms with Gasteiger partial charge in [-0.2, -0.15) is 0 Å². The van der Waals surface area contributed by atoms with Crippen molar-refractivity contribution >= 4 is 35.6 Å². The van der Waals surface area contributed by atoms with E-state index in [2.05, 4.69) is 27.7 Å². The summed E-state index contributed by atoms with van der Waals surface area (Å²) >= 11 is 5.87. The van der Waals surface area contributed by atoms with Gasteiger partial charge in [0.05, 0.1) is 6.54 Å². The minimum Gasteiger partial charge on any atom is -0.361 e. The fourth-order valence-electron chi connectivity index (χ4n) is 2.72. The van der Waals surface area contributed by atoms with Gasteiger partial charge in [-0.15, -0.1) is 12.4 Å². The van der Waals surface area contributed by atoms with Gasteiger partial charge in [0.15, 0.2) is 0 Å². The van der Waals surface area contributed by atoms with Gasteiger partial charge >= 0.3 is 0 Å². The number of rotatable bonds is 4. The molecule has 1 aliphatic rings. The van der Waals surface area contributed by atoms with E-state index in [1.807, 2.05) is 36.4 Å². The molecule has 2 aromatic carbocycles. The van der Waals surface area contributed by atoms with Crippen LogP contribution in [0.25, 0.3) is 0 Å². The molecule has 0 spiro atoms. The first-order chi connectivity index (χ1) is 11.2. The third kappa shape index (κ3) is 4.87. The fourth-order valence-corrected chi connectivity index (χ4v) is 2.85. The Hall–Kier alpha value is -1.75. The van der Waals surface area contributed by atoms with Crippen LogP contribution in [0.4, 0.5) is 5.69 Å². The van der Waals surface area contributed by atoms with E-state index >= 15 is 0 Å². The Morgan fingerprint density at radius 1 is 1.17 bits per heavy atom. The number of benzene rings is 2. The van der Waals surface area contributed by atoms with Gasteiger partial charge < -0.3 is 15.5 Å². The molecule has 0 radical (unpaired) electrons. The van der Waals surface area contributed by atoms with Crippen molar-refractivity contribution in [2.75, 3.05) is 24.5 Å². The van der Waals surface area contributed by atoms with Crippen molar-refractivity contribution in [3.05, 3.63) is 64.7 Å². The number of amides is 1. The van der Waals surface area contributed by atoms with Crippen molar-refractivity contribution < 1.29 is 4.79 Å². The van der Waals surface area contributed by atoms with Gasteiger partial charge in [0.1, 0.15) is 0 Å². The van der Waals surface area contributed by atoms with Crippen molar-refractivity contribution in [2.45, 2.75) is 13.1 Å². The minimum atomic E-state index is 0. The summed E-state index contributed by atoms with van der Waals surface area (Å²) in [4.78, 5) is 14.4. The van der Waals surface area contributed by atoms with Crippen LogP contribution in [0.3, 0.4) is 0 Å². The molecule has 0 unspecified atom stereocenters. The highest BCUT2D eigenvalue weighted by Gasteiger charge is 2.16. The normalized spacial score (nSPS) is 13.5. The number of carbonyl (C=O) groups excluding carboxylic acids is 1. The topological polar surface area (TPSA) is 44.4 Å². The van der Waals surface area contributed by atoms with E-state index < -0.39 is 0 Å². The third-order valence-electron chi connectivity index (χ3n) is 3.94. The highest BCUT2D eigenvalue weighted by molar-refractivity contribution is 6.30. The van der Waals surface area contributed by atoms with Gasteiger partial charge in [-0.1, -0.05) is 41.9 Å². The quantitative estimate of drug-likeness (QED) is 0.875. The third-order valence-corrected chi connectivity index (χ3v) is 4.20. The summed E-state index contributed by atoms with van der Waals surface area (Å²) in [5, 5.41) is 7.06. The number of para-hydroxylation sites is 1. The van der Waals surface area contributed by atoms with Crippen LogP contribution in [-0.2, 0) is 17.9 Å². The van der Waals surface area contributed by atoms with Gasteiger partial charge in [0.25, 0.3) is 0 Å². The van der Waals surface area contributed by atoms with Crippen LogP contribution in [-0.4, -0.2) is 25.5 Å². The van der Waals surface area contributed by atoms with E-state index in [0.717, 1.165) is 30.9 Å². The van der Waals surface area contributed by atoms with Crippen LogP contribution < -0.4 is 15.5 Å². The molecular formula is C18H21Cl2N3O. The molecule has 1 heterocycles. The molecule has 24 heavy (non-hydrogen) atoms. The lowest BCUT2D eigenvalue weighted by Crippen LogP contribution is -2.39. The Labute approximate surface area is 153 Å². The number of fused-ring (bicyclic) bond motifs is 1. The van der Waals surface area contributed by atoms with Crippen LogP contribution in [0.15, 0.2) is 48.5 Å². The molecule has 0 fully saturated rings. The highest BCUT2D eigenvalue weighted by Crippen LogP contribution is 2.21. The summed E-state index contributed by atoms with van der Waals surface area (Å²) < 4.78 is 0. The molecule has 2 N–H and O–H groups in total. The average molecular weight is 366 g/mol. The standard InChI is InChI=1S/C18H20ClN3O.ClH/c19-16-7-5-14(6-8-16)11-21-18(23)13-22-10-9-20-12-15-3-1-2-4-17(15)22;/h1-8,20H,9-13H2,(H,21,23);1H. The number of halogens is 2. The van der Waals surface area contributed by atoms with Crippen molar-refractivity contribution in [1.29, 1.82) is 0 Å². The van der Waals surface area contributed by atoms with Crippen molar-refractivity contribution in [3.63, 3.8) is 0 Å². The van der Waals surface area contributed by atoms with Gasteiger partial charge in [-0.25, -0.2) is 0 Å². The zero-order valence-electron chi connectivity index (χ0n) is 13.3. The molecule has 0 aliphatic carbocycles. The van der Waals surface area contributed by atoms with Crippen molar-refractivity contribution in [3.8, 4) is 0 Å². The van der Waals surface area contributed by atoms with E-state index in [1.54, 1.807) is 0 Å². The molecule has 128 valence electrons. The Morgan fingerprint density at radius 2 is 1.92 bits per heavy atom. The van der Waals surface area contributed by atoms with Crippen LogP contribution in [0.5, 0.6) is 0 Å². The lowest BCUT2D eigenvalue weighted by molar-refractivity contribution is -0.119. The molecule has 6 heteroatoms. The Kier molecular flexibility index (Phi) is 6.91. The van der Waals surface area contributed by atoms with Gasteiger partial charge in [0, 0.05) is 36.9 Å². The van der Waals surface area contributed by atoms with E-state index in [9.17, 15) is 4.79 Å². The number of hydrogen-bond donors (Lipinski definition) is 2. The molecule has 0 saturated heterocycles. The largest absolute Gasteiger partial charge is 0.361 e. The SMILES string of the molecule is Cl.O=C(CN1CCNCc2ccccc21)NCc1ccc(Cl)cc1. The molecule has 0 bridgehead atoms. The second kappa shape index (κ2) is 8.92. The summed E-state index contributed by atoms with van der Waals surface area (Å²) in [7, 11) is 0. The lowest BCUT2D eigenvalue weighted by atomic mass is 10.1. The zero-order valence-corrected chi connectivity index (χ0v) is 14.9. The van der Waals surface area contributed by atoms with Gasteiger partial charge in [0.2, 0.25) is 5.91 Å². The highest BCUT2D eigenvalue weighted by atomic mass is 35.5. The van der Waals surface area contributed by atoms with Crippen LogP contribution in [0.1, 0.15) is 11.1 Å². The first kappa shape index (κ1) is 18.6. The lowest BCUT2D eigenvalue weighted by Gasteiger charge is -2.23. The monoisotopic (exact) mass is 365 g/mol.